The molecule has 0 amide bonds. The maximum Gasteiger partial charge on any atom is 0.328 e. The lowest BCUT2D eigenvalue weighted by atomic mass is 10.1. The van der Waals surface area contributed by atoms with Crippen LogP contribution in [0.1, 0.15) is 5.56 Å². The van der Waals surface area contributed by atoms with Crippen LogP contribution in [0.2, 0.25) is 0 Å². The van der Waals surface area contributed by atoms with Gasteiger partial charge in [0.2, 0.25) is 0 Å². The van der Waals surface area contributed by atoms with Crippen LogP contribution >= 0.6 is 0 Å². The standard InChI is InChI=1S/C19H19NO4/c1-23-19-16(13-18(21)22)15-9-5-6-10-17(15)20(19)11-12-24-14-7-3-2-4-8-14/h2-10,13,19H,11-12H2,1H3,(H,21,22)/b16-13+. The predicted octanol–water partition coefficient (Wildman–Crippen LogP) is 3.03. The lowest BCUT2D eigenvalue weighted by Gasteiger charge is -2.26. The number of carboxylic acid groups (broad SMARTS) is 1. The van der Waals surface area contributed by atoms with Crippen LogP contribution in [0.25, 0.3) is 5.57 Å². The first-order valence-electron chi connectivity index (χ1n) is 7.72. The van der Waals surface area contributed by atoms with Crippen LogP contribution in [0.4, 0.5) is 5.69 Å². The van der Waals surface area contributed by atoms with E-state index in [4.69, 9.17) is 14.6 Å². The van der Waals surface area contributed by atoms with Crippen LogP contribution in [0.15, 0.2) is 60.7 Å². The second-order valence-corrected chi connectivity index (χ2v) is 5.40. The number of fused-ring (bicyclic) bond motifs is 1. The Morgan fingerprint density at radius 2 is 1.88 bits per heavy atom. The Labute approximate surface area is 140 Å². The summed E-state index contributed by atoms with van der Waals surface area (Å²) in [5.74, 6) is -0.176. The smallest absolute Gasteiger partial charge is 0.328 e. The van der Waals surface area contributed by atoms with Crippen molar-refractivity contribution in [2.45, 2.75) is 6.23 Å². The van der Waals surface area contributed by atoms with Gasteiger partial charge in [0.25, 0.3) is 0 Å². The van der Waals surface area contributed by atoms with Gasteiger partial charge in [0.05, 0.1) is 6.54 Å². The Morgan fingerprint density at radius 1 is 1.17 bits per heavy atom. The van der Waals surface area contributed by atoms with Gasteiger partial charge in [-0.2, -0.15) is 0 Å². The zero-order chi connectivity index (χ0) is 16.9. The molecule has 2 aromatic carbocycles. The molecule has 5 heteroatoms. The molecule has 0 saturated carbocycles. The van der Waals surface area contributed by atoms with Crippen molar-refractivity contribution < 1.29 is 19.4 Å². The number of aliphatic carboxylic acids is 1. The molecule has 2 aromatic rings. The van der Waals surface area contributed by atoms with E-state index in [9.17, 15) is 4.79 Å². The van der Waals surface area contributed by atoms with Crippen molar-refractivity contribution in [2.75, 3.05) is 25.2 Å². The number of rotatable bonds is 6. The third-order valence-corrected chi connectivity index (χ3v) is 3.92. The molecule has 1 aliphatic heterocycles. The first-order chi connectivity index (χ1) is 11.7. The summed E-state index contributed by atoms with van der Waals surface area (Å²) >= 11 is 0. The molecule has 0 bridgehead atoms. The molecular formula is C19H19NO4. The number of carbonyl (C=O) groups is 1. The van der Waals surface area contributed by atoms with E-state index in [2.05, 4.69) is 0 Å². The summed E-state index contributed by atoms with van der Waals surface area (Å²) in [6, 6.07) is 17.3. The van der Waals surface area contributed by atoms with E-state index in [0.717, 1.165) is 17.0 Å². The summed E-state index contributed by atoms with van der Waals surface area (Å²) in [5, 5.41) is 9.15. The number of benzene rings is 2. The van der Waals surface area contributed by atoms with Crippen molar-refractivity contribution in [2.24, 2.45) is 0 Å². The van der Waals surface area contributed by atoms with Gasteiger partial charge in [-0.25, -0.2) is 4.79 Å². The predicted molar refractivity (Wildman–Crippen MR) is 92.1 cm³/mol. The molecule has 3 rings (SSSR count). The maximum absolute atomic E-state index is 11.2. The Bertz CT molecular complexity index is 742. The topological polar surface area (TPSA) is 59.0 Å². The van der Waals surface area contributed by atoms with Crippen LogP contribution in [0.3, 0.4) is 0 Å². The first-order valence-corrected chi connectivity index (χ1v) is 7.72. The molecule has 1 unspecified atom stereocenters. The summed E-state index contributed by atoms with van der Waals surface area (Å²) in [4.78, 5) is 13.2. The Hall–Kier alpha value is -2.79. The van der Waals surface area contributed by atoms with Crippen molar-refractivity contribution >= 4 is 17.2 Å². The second kappa shape index (κ2) is 7.19. The fraction of sp³-hybridized carbons (Fsp3) is 0.211. The average Bonchev–Trinajstić information content (AvgIpc) is 2.89. The molecule has 0 saturated heterocycles. The van der Waals surface area contributed by atoms with Gasteiger partial charge in [-0.3, -0.25) is 0 Å². The minimum atomic E-state index is -0.982. The van der Waals surface area contributed by atoms with Crippen LogP contribution in [0, 0.1) is 0 Å². The highest BCUT2D eigenvalue weighted by Crippen LogP contribution is 2.40. The normalized spacial score (nSPS) is 17.8. The largest absolute Gasteiger partial charge is 0.492 e. The van der Waals surface area contributed by atoms with E-state index >= 15 is 0 Å². The fourth-order valence-electron chi connectivity index (χ4n) is 2.95. The molecule has 1 aliphatic rings. The summed E-state index contributed by atoms with van der Waals surface area (Å²) in [6.45, 7) is 1.06. The molecule has 124 valence electrons. The quantitative estimate of drug-likeness (QED) is 0.827. The van der Waals surface area contributed by atoms with Gasteiger partial charge in [0, 0.05) is 30.0 Å². The first kappa shape index (κ1) is 16.1. The zero-order valence-electron chi connectivity index (χ0n) is 13.4. The molecule has 0 fully saturated rings. The number of carboxylic acids is 1. The number of nitrogens with zero attached hydrogens (tertiary/aromatic N) is 1. The van der Waals surface area contributed by atoms with Gasteiger partial charge in [-0.1, -0.05) is 36.4 Å². The Kier molecular flexibility index (Phi) is 4.82. The minimum absolute atomic E-state index is 0.433. The number of hydrogen-bond donors (Lipinski definition) is 1. The summed E-state index contributed by atoms with van der Waals surface area (Å²) < 4.78 is 11.3. The van der Waals surface area contributed by atoms with E-state index in [1.807, 2.05) is 59.5 Å². The summed E-state index contributed by atoms with van der Waals surface area (Å²) in [5.41, 5.74) is 2.49. The van der Waals surface area contributed by atoms with E-state index in [0.29, 0.717) is 18.7 Å². The van der Waals surface area contributed by atoms with Crippen LogP contribution < -0.4 is 9.64 Å². The zero-order valence-corrected chi connectivity index (χ0v) is 13.4. The molecular weight excluding hydrogens is 306 g/mol. The summed E-state index contributed by atoms with van der Waals surface area (Å²) in [7, 11) is 1.58. The molecule has 0 aliphatic carbocycles. The van der Waals surface area contributed by atoms with Gasteiger partial charge in [0.15, 0.2) is 6.23 Å². The van der Waals surface area contributed by atoms with E-state index in [1.54, 1.807) is 7.11 Å². The number of ether oxygens (including phenoxy) is 2. The number of methoxy groups -OCH3 is 1. The van der Waals surface area contributed by atoms with E-state index in [1.165, 1.54) is 6.08 Å². The number of anilines is 1. The van der Waals surface area contributed by atoms with Gasteiger partial charge in [0.1, 0.15) is 12.4 Å². The van der Waals surface area contributed by atoms with Crippen molar-refractivity contribution in [3.05, 3.63) is 66.2 Å². The molecule has 0 spiro atoms. The third kappa shape index (κ3) is 3.26. The van der Waals surface area contributed by atoms with Crippen molar-refractivity contribution in [3.8, 4) is 5.75 Å². The lowest BCUT2D eigenvalue weighted by Crippen LogP contribution is -2.36. The van der Waals surface area contributed by atoms with Crippen LogP contribution in [-0.2, 0) is 9.53 Å². The van der Waals surface area contributed by atoms with Gasteiger partial charge >= 0.3 is 5.97 Å². The van der Waals surface area contributed by atoms with Crippen molar-refractivity contribution in [1.29, 1.82) is 0 Å². The summed E-state index contributed by atoms with van der Waals surface area (Å²) in [6.07, 6.45) is 0.781. The fourth-order valence-corrected chi connectivity index (χ4v) is 2.95. The number of hydrogen-bond acceptors (Lipinski definition) is 4. The molecule has 24 heavy (non-hydrogen) atoms. The molecule has 0 aromatic heterocycles. The SMILES string of the molecule is COC1/C(=C/C(=O)O)c2ccccc2N1CCOc1ccccc1. The monoisotopic (exact) mass is 325 g/mol. The molecule has 5 nitrogen and oxygen atoms in total. The Balaban J connectivity index is 1.80. The van der Waals surface area contributed by atoms with Crippen LogP contribution in [0.5, 0.6) is 5.75 Å². The highest BCUT2D eigenvalue weighted by Gasteiger charge is 2.34. The Morgan fingerprint density at radius 3 is 2.58 bits per heavy atom. The number of para-hydroxylation sites is 2. The van der Waals surface area contributed by atoms with Crippen molar-refractivity contribution in [3.63, 3.8) is 0 Å². The van der Waals surface area contributed by atoms with Crippen molar-refractivity contribution in [1.82, 2.24) is 0 Å². The highest BCUT2D eigenvalue weighted by atomic mass is 16.5. The molecule has 0 radical (unpaired) electrons. The van der Waals surface area contributed by atoms with Gasteiger partial charge < -0.3 is 19.5 Å². The lowest BCUT2D eigenvalue weighted by molar-refractivity contribution is -0.131. The average molecular weight is 325 g/mol. The van der Waals surface area contributed by atoms with Gasteiger partial charge in [-0.15, -0.1) is 0 Å². The van der Waals surface area contributed by atoms with Crippen LogP contribution in [-0.4, -0.2) is 37.6 Å². The maximum atomic E-state index is 11.2. The molecule has 1 atom stereocenters. The molecule has 1 heterocycles. The van der Waals surface area contributed by atoms with E-state index < -0.39 is 12.2 Å². The minimum Gasteiger partial charge on any atom is -0.492 e. The second-order valence-electron chi connectivity index (χ2n) is 5.40. The van der Waals surface area contributed by atoms with Gasteiger partial charge in [-0.05, 0) is 18.2 Å². The highest BCUT2D eigenvalue weighted by molar-refractivity contribution is 5.97. The third-order valence-electron chi connectivity index (χ3n) is 3.92. The molecule has 1 N–H and O–H groups in total. The van der Waals surface area contributed by atoms with E-state index in [-0.39, 0.29) is 0 Å².